The zero-order valence-electron chi connectivity index (χ0n) is 10.6. The van der Waals surface area contributed by atoms with Crippen molar-refractivity contribution in [2.75, 3.05) is 19.6 Å². The van der Waals surface area contributed by atoms with Crippen molar-refractivity contribution in [1.82, 2.24) is 4.90 Å². The van der Waals surface area contributed by atoms with Gasteiger partial charge in [-0.3, -0.25) is 0 Å². The third-order valence-electron chi connectivity index (χ3n) is 3.12. The van der Waals surface area contributed by atoms with Crippen LogP contribution in [0, 0.1) is 5.92 Å². The van der Waals surface area contributed by atoms with E-state index in [4.69, 9.17) is 0 Å². The van der Waals surface area contributed by atoms with Gasteiger partial charge in [0.1, 0.15) is 0 Å². The molecule has 0 bridgehead atoms. The van der Waals surface area contributed by atoms with Crippen LogP contribution in [-0.2, 0) is 0 Å². The number of nitrogens with zero attached hydrogens (tertiary/aromatic N) is 1. The minimum Gasteiger partial charge on any atom is -0.388 e. The molecule has 0 spiro atoms. The zero-order chi connectivity index (χ0) is 12.0. The van der Waals surface area contributed by atoms with Gasteiger partial charge in [0.15, 0.2) is 0 Å². The minimum atomic E-state index is -0.359. The second kappa shape index (κ2) is 6.66. The summed E-state index contributed by atoms with van der Waals surface area (Å²) >= 11 is 0. The summed E-state index contributed by atoms with van der Waals surface area (Å²) < 4.78 is 0. The number of hydrogen-bond donors (Lipinski definition) is 1. The maximum absolute atomic E-state index is 10.2. The molecule has 0 aliphatic carbocycles. The van der Waals surface area contributed by atoms with Crippen LogP contribution in [0.5, 0.6) is 0 Å². The van der Waals surface area contributed by atoms with E-state index in [-0.39, 0.29) is 12.0 Å². The Hall–Kier alpha value is -0.860. The predicted molar refractivity (Wildman–Crippen MR) is 68.4 cm³/mol. The van der Waals surface area contributed by atoms with Crippen LogP contribution in [0.1, 0.15) is 32.4 Å². The molecule has 0 saturated heterocycles. The van der Waals surface area contributed by atoms with Crippen LogP contribution in [0.25, 0.3) is 0 Å². The van der Waals surface area contributed by atoms with Crippen LogP contribution in [0.2, 0.25) is 0 Å². The molecule has 2 atom stereocenters. The maximum Gasteiger partial charge on any atom is 0.0827 e. The topological polar surface area (TPSA) is 23.5 Å². The van der Waals surface area contributed by atoms with Gasteiger partial charge < -0.3 is 10.0 Å². The van der Waals surface area contributed by atoms with Gasteiger partial charge in [-0.15, -0.1) is 0 Å². The first-order chi connectivity index (χ1) is 7.69. The summed E-state index contributed by atoms with van der Waals surface area (Å²) in [6, 6.07) is 9.91. The molecule has 2 unspecified atom stereocenters. The fourth-order valence-corrected chi connectivity index (χ4v) is 1.97. The van der Waals surface area contributed by atoms with Gasteiger partial charge in [-0.05, 0) is 24.6 Å². The molecule has 1 rings (SSSR count). The second-order valence-electron chi connectivity index (χ2n) is 4.32. The van der Waals surface area contributed by atoms with E-state index >= 15 is 0 Å². The average Bonchev–Trinajstić information content (AvgIpc) is 2.35. The molecule has 16 heavy (non-hydrogen) atoms. The lowest BCUT2D eigenvalue weighted by molar-refractivity contribution is 0.0911. The molecule has 1 N–H and O–H groups in total. The van der Waals surface area contributed by atoms with E-state index < -0.39 is 0 Å². The summed E-state index contributed by atoms with van der Waals surface area (Å²) in [7, 11) is 0. The first-order valence-electron chi connectivity index (χ1n) is 6.14. The third-order valence-corrected chi connectivity index (χ3v) is 3.12. The maximum atomic E-state index is 10.2. The van der Waals surface area contributed by atoms with Crippen molar-refractivity contribution in [3.05, 3.63) is 35.9 Å². The van der Waals surface area contributed by atoms with Gasteiger partial charge in [-0.1, -0.05) is 51.1 Å². The molecule has 1 aromatic carbocycles. The monoisotopic (exact) mass is 221 g/mol. The highest BCUT2D eigenvalue weighted by molar-refractivity contribution is 5.17. The largest absolute Gasteiger partial charge is 0.388 e. The molecule has 0 aromatic heterocycles. The van der Waals surface area contributed by atoms with Crippen LogP contribution < -0.4 is 0 Å². The van der Waals surface area contributed by atoms with Gasteiger partial charge in [0.25, 0.3) is 0 Å². The van der Waals surface area contributed by atoms with Crippen molar-refractivity contribution in [3.63, 3.8) is 0 Å². The Morgan fingerprint density at radius 3 is 2.19 bits per heavy atom. The van der Waals surface area contributed by atoms with Gasteiger partial charge in [-0.2, -0.15) is 0 Å². The molecule has 2 nitrogen and oxygen atoms in total. The van der Waals surface area contributed by atoms with Crippen LogP contribution in [-0.4, -0.2) is 29.6 Å². The van der Waals surface area contributed by atoms with Crippen molar-refractivity contribution in [2.45, 2.75) is 26.9 Å². The molecule has 0 heterocycles. The highest BCUT2D eigenvalue weighted by Gasteiger charge is 2.17. The summed E-state index contributed by atoms with van der Waals surface area (Å²) in [5.74, 6) is 0.266. The molecule has 0 aliphatic heterocycles. The van der Waals surface area contributed by atoms with E-state index in [0.29, 0.717) is 0 Å². The summed E-state index contributed by atoms with van der Waals surface area (Å²) in [4.78, 5) is 2.34. The first kappa shape index (κ1) is 13.2. The van der Waals surface area contributed by atoms with Crippen LogP contribution in [0.4, 0.5) is 0 Å². The van der Waals surface area contributed by atoms with Gasteiger partial charge in [0.2, 0.25) is 0 Å². The lowest BCUT2D eigenvalue weighted by Crippen LogP contribution is -2.30. The zero-order valence-corrected chi connectivity index (χ0v) is 10.6. The summed E-state index contributed by atoms with van der Waals surface area (Å²) in [6.07, 6.45) is -0.359. The van der Waals surface area contributed by atoms with Gasteiger partial charge >= 0.3 is 0 Å². The van der Waals surface area contributed by atoms with Crippen LogP contribution in [0.3, 0.4) is 0 Å². The van der Waals surface area contributed by atoms with Gasteiger partial charge in [-0.25, -0.2) is 0 Å². The molecule has 0 saturated carbocycles. The smallest absolute Gasteiger partial charge is 0.0827 e. The molecule has 1 aromatic rings. The van der Waals surface area contributed by atoms with E-state index in [1.165, 1.54) is 0 Å². The number of hydrogen-bond acceptors (Lipinski definition) is 2. The highest BCUT2D eigenvalue weighted by Crippen LogP contribution is 2.22. The quantitative estimate of drug-likeness (QED) is 0.798. The van der Waals surface area contributed by atoms with Crippen molar-refractivity contribution in [2.24, 2.45) is 5.92 Å². The Bertz CT molecular complexity index is 282. The molecule has 0 aliphatic rings. The van der Waals surface area contributed by atoms with Crippen molar-refractivity contribution in [3.8, 4) is 0 Å². The average molecular weight is 221 g/mol. The van der Waals surface area contributed by atoms with E-state index in [9.17, 15) is 5.11 Å². The van der Waals surface area contributed by atoms with Gasteiger partial charge in [0, 0.05) is 6.54 Å². The Morgan fingerprint density at radius 1 is 1.12 bits per heavy atom. The summed E-state index contributed by atoms with van der Waals surface area (Å²) in [6.45, 7) is 9.46. The Balaban J connectivity index is 2.57. The number of rotatable bonds is 6. The van der Waals surface area contributed by atoms with Crippen LogP contribution in [0.15, 0.2) is 30.3 Å². The Kier molecular flexibility index (Phi) is 5.50. The third kappa shape index (κ3) is 3.62. The van der Waals surface area contributed by atoms with E-state index in [1.54, 1.807) is 0 Å². The molecular formula is C14H23NO. The second-order valence-corrected chi connectivity index (χ2v) is 4.32. The first-order valence-corrected chi connectivity index (χ1v) is 6.14. The Morgan fingerprint density at radius 2 is 1.69 bits per heavy atom. The van der Waals surface area contributed by atoms with E-state index in [1.807, 2.05) is 30.3 Å². The fourth-order valence-electron chi connectivity index (χ4n) is 1.97. The normalized spacial score (nSPS) is 15.1. The van der Waals surface area contributed by atoms with Crippen LogP contribution >= 0.6 is 0 Å². The van der Waals surface area contributed by atoms with Crippen molar-refractivity contribution >= 4 is 0 Å². The van der Waals surface area contributed by atoms with Crippen molar-refractivity contribution < 1.29 is 5.11 Å². The lowest BCUT2D eigenvalue weighted by atomic mass is 9.97. The molecule has 0 amide bonds. The standard InChI is InChI=1S/C14H23NO/c1-4-15(5-2)11-12(3)14(16)13-9-7-6-8-10-13/h6-10,12,14,16H,4-5,11H2,1-3H3. The van der Waals surface area contributed by atoms with Gasteiger partial charge in [0.05, 0.1) is 6.10 Å². The van der Waals surface area contributed by atoms with E-state index in [0.717, 1.165) is 25.2 Å². The SMILES string of the molecule is CCN(CC)CC(C)C(O)c1ccccc1. The lowest BCUT2D eigenvalue weighted by Gasteiger charge is -2.26. The molecule has 2 heteroatoms. The highest BCUT2D eigenvalue weighted by atomic mass is 16.3. The number of benzene rings is 1. The summed E-state index contributed by atoms with van der Waals surface area (Å²) in [5.41, 5.74) is 1.02. The predicted octanol–water partition coefficient (Wildman–Crippen LogP) is 2.70. The summed E-state index contributed by atoms with van der Waals surface area (Å²) in [5, 5.41) is 10.2. The number of aliphatic hydroxyl groups excluding tert-OH is 1. The number of aliphatic hydroxyl groups is 1. The molecule has 90 valence electrons. The molecule has 0 fully saturated rings. The molecule has 0 radical (unpaired) electrons. The van der Waals surface area contributed by atoms with E-state index in [2.05, 4.69) is 25.7 Å². The Labute approximate surface area is 98.9 Å². The fraction of sp³-hybridized carbons (Fsp3) is 0.571. The molecular weight excluding hydrogens is 198 g/mol. The minimum absolute atomic E-state index is 0.266. The van der Waals surface area contributed by atoms with Crippen molar-refractivity contribution in [1.29, 1.82) is 0 Å².